The molecule has 0 aliphatic heterocycles. The Kier molecular flexibility index (Phi) is 5.63. The average molecular weight is 507 g/mol. The van der Waals surface area contributed by atoms with E-state index in [0.717, 1.165) is 40.7 Å². The Morgan fingerprint density at radius 1 is 1.09 bits per heavy atom. The molecule has 0 radical (unpaired) electrons. The van der Waals surface area contributed by atoms with Crippen molar-refractivity contribution in [2.45, 2.75) is 49.9 Å². The summed E-state index contributed by atoms with van der Waals surface area (Å²) >= 11 is 4.56. The zero-order valence-electron chi connectivity index (χ0n) is 18.6. The minimum atomic E-state index is -0.0939. The van der Waals surface area contributed by atoms with Crippen LogP contribution in [0.4, 0.5) is 0 Å². The fourth-order valence-corrected chi connectivity index (χ4v) is 7.53. The summed E-state index contributed by atoms with van der Waals surface area (Å²) in [6.45, 7) is 2.02. The molecule has 0 fully saturated rings. The van der Waals surface area contributed by atoms with Gasteiger partial charge in [0.2, 0.25) is 0 Å². The number of hydrogen-bond donors (Lipinski definition) is 0. The van der Waals surface area contributed by atoms with Gasteiger partial charge in [-0.1, -0.05) is 36.4 Å². The molecule has 1 aromatic carbocycles. The maximum atomic E-state index is 14.0. The predicted molar refractivity (Wildman–Crippen MR) is 140 cm³/mol. The van der Waals surface area contributed by atoms with Gasteiger partial charge in [0.15, 0.2) is 10.1 Å². The Hall–Kier alpha value is -2.75. The number of para-hydroxylation sites is 1. The molecule has 1 aliphatic carbocycles. The third-order valence-corrected chi connectivity index (χ3v) is 9.18. The first-order valence-corrected chi connectivity index (χ1v) is 14.0. The van der Waals surface area contributed by atoms with E-state index < -0.39 is 0 Å². The van der Waals surface area contributed by atoms with Crippen LogP contribution in [0.3, 0.4) is 0 Å². The standard InChI is InChI=1S/C25H22N4O2S3/c1-15-7-5-6-9-18(15)29-23(31)21-17-8-3-2-4-10-19(17)34-22(21)27-25(29)33-14-16-13-20(30)28-11-12-32-24(28)26-16/h5-7,9,11-13H,2-4,8,10,14H2,1H3. The summed E-state index contributed by atoms with van der Waals surface area (Å²) in [6, 6.07) is 9.49. The number of benzene rings is 1. The highest BCUT2D eigenvalue weighted by Gasteiger charge is 2.23. The molecular weight excluding hydrogens is 485 g/mol. The lowest BCUT2D eigenvalue weighted by Gasteiger charge is -2.14. The molecular formula is C25H22N4O2S3. The average Bonchev–Trinajstić information content (AvgIpc) is 3.37. The minimum Gasteiger partial charge on any atom is -0.269 e. The smallest absolute Gasteiger partial charge is 0.267 e. The molecule has 34 heavy (non-hydrogen) atoms. The SMILES string of the molecule is Cc1ccccc1-n1c(SCc2cc(=O)n3ccsc3n2)nc2sc3c(c2c1=O)CCCCC3. The molecule has 1 aliphatic rings. The van der Waals surface area contributed by atoms with Crippen molar-refractivity contribution in [2.24, 2.45) is 0 Å². The molecule has 0 amide bonds. The highest BCUT2D eigenvalue weighted by molar-refractivity contribution is 7.98. The number of hydrogen-bond acceptors (Lipinski definition) is 7. The van der Waals surface area contributed by atoms with E-state index in [4.69, 9.17) is 4.98 Å². The molecule has 172 valence electrons. The molecule has 0 bridgehead atoms. The van der Waals surface area contributed by atoms with Gasteiger partial charge in [-0.05, 0) is 49.8 Å². The highest BCUT2D eigenvalue weighted by atomic mass is 32.2. The van der Waals surface area contributed by atoms with Crippen LogP contribution < -0.4 is 11.1 Å². The van der Waals surface area contributed by atoms with Gasteiger partial charge >= 0.3 is 0 Å². The van der Waals surface area contributed by atoms with E-state index in [1.807, 2.05) is 36.6 Å². The van der Waals surface area contributed by atoms with Crippen molar-refractivity contribution in [3.63, 3.8) is 0 Å². The number of aromatic nitrogens is 4. The third kappa shape index (κ3) is 3.72. The quantitative estimate of drug-likeness (QED) is 0.186. The van der Waals surface area contributed by atoms with Crippen molar-refractivity contribution in [1.29, 1.82) is 0 Å². The van der Waals surface area contributed by atoms with Gasteiger partial charge in [-0.25, -0.2) is 9.97 Å². The number of nitrogens with zero attached hydrogens (tertiary/aromatic N) is 4. The second kappa shape index (κ2) is 8.79. The fourth-order valence-electron chi connectivity index (χ4n) is 4.59. The van der Waals surface area contributed by atoms with Crippen LogP contribution >= 0.6 is 34.4 Å². The monoisotopic (exact) mass is 506 g/mol. The first kappa shape index (κ1) is 21.8. The molecule has 9 heteroatoms. The first-order chi connectivity index (χ1) is 16.6. The summed E-state index contributed by atoms with van der Waals surface area (Å²) < 4.78 is 3.31. The summed E-state index contributed by atoms with van der Waals surface area (Å²) in [4.78, 5) is 38.9. The van der Waals surface area contributed by atoms with Crippen LogP contribution in [0, 0.1) is 6.92 Å². The van der Waals surface area contributed by atoms with Crippen molar-refractivity contribution in [1.82, 2.24) is 18.9 Å². The van der Waals surface area contributed by atoms with E-state index in [9.17, 15) is 9.59 Å². The van der Waals surface area contributed by atoms with Crippen molar-refractivity contribution in [3.05, 3.63) is 84.3 Å². The van der Waals surface area contributed by atoms with Crippen molar-refractivity contribution < 1.29 is 0 Å². The second-order valence-corrected chi connectivity index (χ2v) is 11.4. The molecule has 4 aromatic heterocycles. The Morgan fingerprint density at radius 3 is 2.82 bits per heavy atom. The number of thiazole rings is 1. The molecule has 6 rings (SSSR count). The van der Waals surface area contributed by atoms with Crippen molar-refractivity contribution in [3.8, 4) is 5.69 Å². The van der Waals surface area contributed by atoms with Crippen LogP contribution in [-0.2, 0) is 18.6 Å². The molecule has 0 unspecified atom stereocenters. The molecule has 0 saturated carbocycles. The van der Waals surface area contributed by atoms with Crippen LogP contribution in [0.1, 0.15) is 41.0 Å². The van der Waals surface area contributed by atoms with Crippen LogP contribution in [-0.4, -0.2) is 18.9 Å². The van der Waals surface area contributed by atoms with Gasteiger partial charge in [0.1, 0.15) is 4.83 Å². The summed E-state index contributed by atoms with van der Waals surface area (Å²) in [5.41, 5.74) is 3.66. The van der Waals surface area contributed by atoms with Crippen LogP contribution in [0.15, 0.2) is 56.7 Å². The molecule has 0 saturated heterocycles. The van der Waals surface area contributed by atoms with Crippen LogP contribution in [0.5, 0.6) is 0 Å². The van der Waals surface area contributed by atoms with Gasteiger partial charge in [-0.15, -0.1) is 22.7 Å². The number of fused-ring (bicyclic) bond motifs is 4. The van der Waals surface area contributed by atoms with E-state index in [0.29, 0.717) is 21.6 Å². The van der Waals surface area contributed by atoms with Gasteiger partial charge in [0.25, 0.3) is 11.1 Å². The molecule has 0 N–H and O–H groups in total. The zero-order valence-corrected chi connectivity index (χ0v) is 21.1. The van der Waals surface area contributed by atoms with Crippen LogP contribution in [0.2, 0.25) is 0 Å². The number of rotatable bonds is 4. The van der Waals surface area contributed by atoms with Gasteiger partial charge in [0, 0.05) is 28.3 Å². The molecule has 0 atom stereocenters. The first-order valence-electron chi connectivity index (χ1n) is 11.3. The summed E-state index contributed by atoms with van der Waals surface area (Å²) in [5.74, 6) is 0.457. The molecule has 0 spiro atoms. The number of thioether (sulfide) groups is 1. The van der Waals surface area contributed by atoms with E-state index in [1.165, 1.54) is 46.4 Å². The Bertz CT molecular complexity index is 1660. The second-order valence-electron chi connectivity index (χ2n) is 8.50. The molecule has 6 nitrogen and oxygen atoms in total. The summed E-state index contributed by atoms with van der Waals surface area (Å²) in [5, 5.41) is 3.27. The van der Waals surface area contributed by atoms with Gasteiger partial charge in [-0.2, -0.15) is 0 Å². The van der Waals surface area contributed by atoms with Crippen molar-refractivity contribution >= 4 is 49.6 Å². The lowest BCUT2D eigenvalue weighted by atomic mass is 10.1. The fraction of sp³-hybridized carbons (Fsp3) is 0.280. The van der Waals surface area contributed by atoms with E-state index in [2.05, 4.69) is 4.98 Å². The molecule has 5 aromatic rings. The Labute approximate surface area is 208 Å². The zero-order chi connectivity index (χ0) is 23.2. The van der Waals surface area contributed by atoms with Crippen molar-refractivity contribution in [2.75, 3.05) is 0 Å². The lowest BCUT2D eigenvalue weighted by Crippen LogP contribution is -2.22. The van der Waals surface area contributed by atoms with Gasteiger partial charge in [-0.3, -0.25) is 18.6 Å². The van der Waals surface area contributed by atoms with Gasteiger partial charge < -0.3 is 0 Å². The molecule has 4 heterocycles. The summed E-state index contributed by atoms with van der Waals surface area (Å²) in [6.07, 6.45) is 7.19. The topological polar surface area (TPSA) is 69.3 Å². The summed E-state index contributed by atoms with van der Waals surface area (Å²) in [7, 11) is 0. The third-order valence-electron chi connectivity index (χ3n) is 6.27. The normalized spacial score (nSPS) is 13.9. The van der Waals surface area contributed by atoms with E-state index in [-0.39, 0.29) is 11.1 Å². The highest BCUT2D eigenvalue weighted by Crippen LogP contribution is 2.35. The minimum absolute atomic E-state index is 0.00272. The maximum Gasteiger partial charge on any atom is 0.267 e. The number of thiophene rings is 1. The largest absolute Gasteiger partial charge is 0.269 e. The Balaban J connectivity index is 1.50. The van der Waals surface area contributed by atoms with Gasteiger partial charge in [0.05, 0.1) is 16.8 Å². The lowest BCUT2D eigenvalue weighted by molar-refractivity contribution is 0.713. The maximum absolute atomic E-state index is 14.0. The predicted octanol–water partition coefficient (Wildman–Crippen LogP) is 5.39. The van der Waals surface area contributed by atoms with E-state index >= 15 is 0 Å². The number of aryl methyl sites for hydroxylation is 3. The Morgan fingerprint density at radius 2 is 1.94 bits per heavy atom. The van der Waals surface area contributed by atoms with E-state index in [1.54, 1.807) is 32.6 Å². The van der Waals surface area contributed by atoms with Crippen LogP contribution in [0.25, 0.3) is 20.9 Å².